The number of hydrogen-bond acceptors (Lipinski definition) is 0. The summed E-state index contributed by atoms with van der Waals surface area (Å²) in [5.74, 6) is 19.0. The Hall–Kier alpha value is 0. The Bertz CT molecular complexity index is 1400. The maximum absolute atomic E-state index is 1.79. The van der Waals surface area contributed by atoms with Crippen molar-refractivity contribution in [3.05, 3.63) is 0 Å². The van der Waals surface area contributed by atoms with Crippen molar-refractivity contribution in [1.29, 1.82) is 0 Å². The Morgan fingerprint density at radius 3 is 0.867 bits per heavy atom. The van der Waals surface area contributed by atoms with E-state index in [1.54, 1.807) is 25.7 Å². The molecule has 0 aromatic rings. The largest absolute Gasteiger partial charge is 0.0458 e. The lowest BCUT2D eigenvalue weighted by Gasteiger charge is -3.54. The van der Waals surface area contributed by atoms with E-state index in [1.807, 2.05) is 0 Å². The zero-order chi connectivity index (χ0) is 16.9. The van der Waals surface area contributed by atoms with E-state index in [0.29, 0.717) is 0 Å². The van der Waals surface area contributed by atoms with Crippen LogP contribution >= 0.6 is 0 Å². The average molecular weight is 383 g/mol. The van der Waals surface area contributed by atoms with Crippen LogP contribution in [0.3, 0.4) is 0 Å². The van der Waals surface area contributed by atoms with Gasteiger partial charge >= 0.3 is 0 Å². The molecule has 0 heteroatoms. The Kier molecular flexibility index (Phi) is 0.572. The Morgan fingerprint density at radius 2 is 0.567 bits per heavy atom. The van der Waals surface area contributed by atoms with Crippen LogP contribution in [0, 0.1) is 148 Å². The molecule has 20 saturated carbocycles. The third-order valence-corrected chi connectivity index (χ3v) is 24.5. The highest BCUT2D eigenvalue weighted by molar-refractivity contribution is 5.99. The second-order valence-electron chi connectivity index (χ2n) is 18.8. The molecule has 20 fully saturated rings. The predicted octanol–water partition coefficient (Wildman–Crippen LogP) is 3.28. The van der Waals surface area contributed by atoms with Gasteiger partial charge in [0.05, 0.1) is 0 Å². The van der Waals surface area contributed by atoms with Crippen molar-refractivity contribution in [2.45, 2.75) is 25.7 Å². The van der Waals surface area contributed by atoms with Crippen LogP contribution in [0.1, 0.15) is 25.7 Å². The first-order chi connectivity index (χ1) is 14.9. The molecule has 20 rings (SSSR count). The standard InChI is InChI=1S/C30H22/c1-5-13-6-2-11-17-18-12-4-8-14-7-3-10-16-15-9(1)19(5)23(13)20(6,11)27(17)28(18)22(8,12)24(14)21(7,10)26(16)25(15,19)29(23,27)30(24,26)28/h5-18H,1-4H2/t5?,6?,7?,8?,9-,10?,11?,12?,13?,14?,15-,16?,17?,18?,19+,20?,21?,22?,23?,24?,25?,26-,27?,28?,29?,30?/m0/s1. The van der Waals surface area contributed by atoms with Gasteiger partial charge in [-0.2, -0.15) is 0 Å². The summed E-state index contributed by atoms with van der Waals surface area (Å²) >= 11 is 0. The van der Waals surface area contributed by atoms with Gasteiger partial charge in [0.25, 0.3) is 0 Å². The third kappa shape index (κ3) is 0.238. The number of rotatable bonds is 0. The Balaban J connectivity index is 1.13. The topological polar surface area (TPSA) is 0 Å². The molecule has 0 nitrogen and oxygen atoms in total. The number of fused-ring (bicyclic) bond motifs is 10. The summed E-state index contributed by atoms with van der Waals surface area (Å²) in [4.78, 5) is 0. The first-order valence-electron chi connectivity index (χ1n) is 14.9. The summed E-state index contributed by atoms with van der Waals surface area (Å²) in [6.45, 7) is 0. The van der Waals surface area contributed by atoms with Crippen molar-refractivity contribution in [3.8, 4) is 0 Å². The van der Waals surface area contributed by atoms with Crippen LogP contribution in [0.15, 0.2) is 0 Å². The second kappa shape index (κ2) is 1.63. The van der Waals surface area contributed by atoms with E-state index in [4.69, 9.17) is 0 Å². The van der Waals surface area contributed by atoms with E-state index in [1.165, 1.54) is 82.9 Å². The van der Waals surface area contributed by atoms with E-state index in [2.05, 4.69) is 0 Å². The van der Waals surface area contributed by atoms with Crippen LogP contribution in [0.25, 0.3) is 0 Å². The van der Waals surface area contributed by atoms with E-state index in [9.17, 15) is 0 Å². The normalized spacial score (nSPS) is 130. The smallest absolute Gasteiger partial charge is 0.00108 e. The summed E-state index contributed by atoms with van der Waals surface area (Å²) in [5, 5.41) is 0. The molecule has 0 aromatic heterocycles. The molecule has 26 atom stereocenters. The zero-order valence-corrected chi connectivity index (χ0v) is 16.9. The molecule has 0 aromatic carbocycles. The van der Waals surface area contributed by atoms with Crippen molar-refractivity contribution < 1.29 is 0 Å². The summed E-state index contributed by atoms with van der Waals surface area (Å²) in [6.07, 6.45) is 7.17. The predicted molar refractivity (Wildman–Crippen MR) is 96.5 cm³/mol. The van der Waals surface area contributed by atoms with Gasteiger partial charge in [-0.1, -0.05) is 0 Å². The lowest BCUT2D eigenvalue weighted by atomic mass is 8.48. The van der Waals surface area contributed by atoms with Crippen molar-refractivity contribution in [2.75, 3.05) is 0 Å². The summed E-state index contributed by atoms with van der Waals surface area (Å²) < 4.78 is 0. The van der Waals surface area contributed by atoms with Crippen molar-refractivity contribution in [2.24, 2.45) is 148 Å². The monoisotopic (exact) mass is 382 g/mol. The lowest BCUT2D eigenvalue weighted by Crippen LogP contribution is -3.53. The molecule has 20 aliphatic carbocycles. The molecule has 0 radical (unpaired) electrons. The highest BCUT2D eigenvalue weighted by Gasteiger charge is 3.54. The molecule has 0 N–H and O–H groups in total. The molecule has 0 bridgehead atoms. The van der Waals surface area contributed by atoms with Crippen molar-refractivity contribution >= 4 is 0 Å². The molecule has 142 valence electrons. The second-order valence-corrected chi connectivity index (χ2v) is 18.8. The van der Waals surface area contributed by atoms with Crippen LogP contribution < -0.4 is 0 Å². The van der Waals surface area contributed by atoms with Crippen LogP contribution in [0.4, 0.5) is 0 Å². The quantitative estimate of drug-likeness (QED) is 0.603. The fourth-order valence-corrected chi connectivity index (χ4v) is 30.2. The zero-order valence-electron chi connectivity index (χ0n) is 16.9. The first kappa shape index (κ1) is 10.5. The molecule has 20 aliphatic rings. The summed E-state index contributed by atoms with van der Waals surface area (Å²) in [6, 6.07) is 0. The van der Waals surface area contributed by atoms with Gasteiger partial charge < -0.3 is 0 Å². The van der Waals surface area contributed by atoms with Crippen molar-refractivity contribution in [1.82, 2.24) is 0 Å². The lowest BCUT2D eigenvalue weighted by molar-refractivity contribution is -1.10. The van der Waals surface area contributed by atoms with E-state index in [-0.39, 0.29) is 0 Å². The van der Waals surface area contributed by atoms with Gasteiger partial charge in [-0.25, -0.2) is 0 Å². The number of hydrogen-bond donors (Lipinski definition) is 0. The molecule has 0 heterocycles. The van der Waals surface area contributed by atoms with Gasteiger partial charge in [-0.05, 0) is 174 Å². The first-order valence-corrected chi connectivity index (χ1v) is 14.9. The van der Waals surface area contributed by atoms with Gasteiger partial charge in [0.15, 0.2) is 0 Å². The fourth-order valence-electron chi connectivity index (χ4n) is 30.2. The van der Waals surface area contributed by atoms with Gasteiger partial charge in [-0.3, -0.25) is 0 Å². The molecule has 22 unspecified atom stereocenters. The summed E-state index contributed by atoms with van der Waals surface area (Å²) in [7, 11) is 0. The Morgan fingerprint density at radius 1 is 0.300 bits per heavy atom. The maximum atomic E-state index is 1.79. The molecule has 0 aliphatic heterocycles. The SMILES string of the molecule is C1C2C3C4C5CC6C7C8C[C@H]9[C@H]%10C%11C%12CC%13C%14C1C21C32C43C56C74C35C23C%141C%13%12[C@]%113C%105[C@]894. The van der Waals surface area contributed by atoms with Crippen LogP contribution in [0.5, 0.6) is 0 Å². The summed E-state index contributed by atoms with van der Waals surface area (Å²) in [5.41, 5.74) is 13.4. The van der Waals surface area contributed by atoms with E-state index in [0.717, 1.165) is 65.0 Å². The molecule has 12 spiro atoms. The highest BCUT2D eigenvalue weighted by atomic mass is 15.6. The third-order valence-electron chi connectivity index (χ3n) is 24.5. The van der Waals surface area contributed by atoms with Crippen molar-refractivity contribution in [3.63, 3.8) is 0 Å². The molecule has 30 heavy (non-hydrogen) atoms. The minimum absolute atomic E-state index is 1.11. The van der Waals surface area contributed by atoms with E-state index < -0.39 is 0 Å². The molecular formula is C30H22. The van der Waals surface area contributed by atoms with Crippen LogP contribution in [-0.4, -0.2) is 0 Å². The van der Waals surface area contributed by atoms with Gasteiger partial charge in [0, 0.05) is 0 Å². The molecular weight excluding hydrogens is 360 g/mol. The molecule has 0 saturated heterocycles. The van der Waals surface area contributed by atoms with Gasteiger partial charge in [-0.15, -0.1) is 0 Å². The highest BCUT2D eigenvalue weighted by Crippen LogP contribution is 3.56. The van der Waals surface area contributed by atoms with Gasteiger partial charge in [0.1, 0.15) is 0 Å². The minimum atomic E-state index is 1.11. The average Bonchev–Trinajstić information content (AvgIpc) is 2.61. The molecule has 0 amide bonds. The van der Waals surface area contributed by atoms with Gasteiger partial charge in [0.2, 0.25) is 0 Å². The Labute approximate surface area is 173 Å². The van der Waals surface area contributed by atoms with Crippen LogP contribution in [-0.2, 0) is 0 Å². The van der Waals surface area contributed by atoms with Crippen LogP contribution in [0.2, 0.25) is 0 Å². The van der Waals surface area contributed by atoms with E-state index >= 15 is 0 Å². The fraction of sp³-hybridized carbons (Fsp3) is 1.00. The maximum Gasteiger partial charge on any atom is -0.00108 e. The minimum Gasteiger partial charge on any atom is -0.0458 e.